The van der Waals surface area contributed by atoms with Crippen LogP contribution in [-0.4, -0.2) is 37.8 Å². The van der Waals surface area contributed by atoms with Gasteiger partial charge in [-0.15, -0.1) is 0 Å². The summed E-state index contributed by atoms with van der Waals surface area (Å²) in [6.45, 7) is 1.09. The Hall–Kier alpha value is -1.80. The highest BCUT2D eigenvalue weighted by molar-refractivity contribution is 5.86. The first-order valence-electron chi connectivity index (χ1n) is 7.26. The van der Waals surface area contributed by atoms with E-state index < -0.39 is 17.3 Å². The molecule has 1 aliphatic heterocycles. The van der Waals surface area contributed by atoms with Gasteiger partial charge < -0.3 is 20.5 Å². The molecule has 1 fully saturated rings. The summed E-state index contributed by atoms with van der Waals surface area (Å²) in [5, 5.41) is 2.64. The normalized spacial score (nSPS) is 17.6. The zero-order valence-electron chi connectivity index (χ0n) is 12.5. The summed E-state index contributed by atoms with van der Waals surface area (Å²) in [6.07, 6.45) is -3.54. The maximum absolute atomic E-state index is 12.6. The molecule has 8 heteroatoms. The SMILES string of the molecule is NC1(C(=O)NCCOc2cccc(C(F)(F)F)c2)CCOCC1. The number of nitrogens with one attached hydrogen (secondary N) is 1. The van der Waals surface area contributed by atoms with Gasteiger partial charge in [0.25, 0.3) is 0 Å². The van der Waals surface area contributed by atoms with E-state index in [9.17, 15) is 18.0 Å². The van der Waals surface area contributed by atoms with E-state index in [2.05, 4.69) is 5.32 Å². The molecular weight excluding hydrogens is 313 g/mol. The van der Waals surface area contributed by atoms with E-state index in [1.54, 1.807) is 0 Å². The van der Waals surface area contributed by atoms with Crippen LogP contribution in [0.2, 0.25) is 0 Å². The van der Waals surface area contributed by atoms with E-state index in [1.165, 1.54) is 12.1 Å². The fourth-order valence-corrected chi connectivity index (χ4v) is 2.23. The Kier molecular flexibility index (Phi) is 5.48. The van der Waals surface area contributed by atoms with Gasteiger partial charge in [0.05, 0.1) is 17.6 Å². The van der Waals surface area contributed by atoms with E-state index in [4.69, 9.17) is 15.2 Å². The minimum atomic E-state index is -4.41. The van der Waals surface area contributed by atoms with Gasteiger partial charge in [0.1, 0.15) is 12.4 Å². The molecule has 0 bridgehead atoms. The molecule has 1 amide bonds. The van der Waals surface area contributed by atoms with Crippen LogP contribution < -0.4 is 15.8 Å². The van der Waals surface area contributed by atoms with Gasteiger partial charge >= 0.3 is 6.18 Å². The van der Waals surface area contributed by atoms with Crippen molar-refractivity contribution in [3.63, 3.8) is 0 Å². The highest BCUT2D eigenvalue weighted by atomic mass is 19.4. The van der Waals surface area contributed by atoms with Crippen molar-refractivity contribution >= 4 is 5.91 Å². The summed E-state index contributed by atoms with van der Waals surface area (Å²) in [6, 6.07) is 4.59. The van der Waals surface area contributed by atoms with E-state index >= 15 is 0 Å². The van der Waals surface area contributed by atoms with Gasteiger partial charge in [0, 0.05) is 13.2 Å². The van der Waals surface area contributed by atoms with Crippen LogP contribution in [0, 0.1) is 0 Å². The van der Waals surface area contributed by atoms with Crippen molar-refractivity contribution in [3.8, 4) is 5.75 Å². The Balaban J connectivity index is 1.78. The molecule has 0 aromatic heterocycles. The van der Waals surface area contributed by atoms with Crippen LogP contribution in [0.5, 0.6) is 5.75 Å². The summed E-state index contributed by atoms with van der Waals surface area (Å²) in [5.41, 5.74) is 4.28. The lowest BCUT2D eigenvalue weighted by molar-refractivity contribution is -0.137. The fraction of sp³-hybridized carbons (Fsp3) is 0.533. The average molecular weight is 332 g/mol. The second-order valence-electron chi connectivity index (χ2n) is 5.40. The number of benzene rings is 1. The van der Waals surface area contributed by atoms with Crippen LogP contribution in [0.4, 0.5) is 13.2 Å². The van der Waals surface area contributed by atoms with E-state index in [0.29, 0.717) is 26.1 Å². The number of hydrogen-bond donors (Lipinski definition) is 2. The molecule has 0 saturated carbocycles. The van der Waals surface area contributed by atoms with Crippen molar-refractivity contribution in [2.24, 2.45) is 5.73 Å². The lowest BCUT2D eigenvalue weighted by Gasteiger charge is -2.31. The first kappa shape index (κ1) is 17.6. The number of rotatable bonds is 5. The van der Waals surface area contributed by atoms with Crippen molar-refractivity contribution in [3.05, 3.63) is 29.8 Å². The lowest BCUT2D eigenvalue weighted by atomic mass is 9.90. The molecule has 5 nitrogen and oxygen atoms in total. The maximum Gasteiger partial charge on any atom is 0.416 e. The van der Waals surface area contributed by atoms with Crippen molar-refractivity contribution in [2.45, 2.75) is 24.6 Å². The third-order valence-electron chi connectivity index (χ3n) is 3.65. The van der Waals surface area contributed by atoms with Crippen molar-refractivity contribution in [1.82, 2.24) is 5.32 Å². The highest BCUT2D eigenvalue weighted by Crippen LogP contribution is 2.31. The Morgan fingerprint density at radius 3 is 2.70 bits per heavy atom. The predicted molar refractivity (Wildman–Crippen MR) is 76.9 cm³/mol. The molecular formula is C15H19F3N2O3. The van der Waals surface area contributed by atoms with Crippen molar-refractivity contribution in [1.29, 1.82) is 0 Å². The Labute approximate surface area is 131 Å². The Morgan fingerprint density at radius 2 is 2.04 bits per heavy atom. The van der Waals surface area contributed by atoms with E-state index in [-0.39, 0.29) is 24.8 Å². The first-order chi connectivity index (χ1) is 10.8. The second kappa shape index (κ2) is 7.18. The molecule has 128 valence electrons. The topological polar surface area (TPSA) is 73.6 Å². The molecule has 23 heavy (non-hydrogen) atoms. The van der Waals surface area contributed by atoms with Crippen LogP contribution in [-0.2, 0) is 15.7 Å². The largest absolute Gasteiger partial charge is 0.492 e. The number of halogens is 3. The number of amides is 1. The standard InChI is InChI=1S/C15H19F3N2O3/c16-15(17,18)11-2-1-3-12(10-11)23-9-6-20-13(21)14(19)4-7-22-8-5-14/h1-3,10H,4-9,19H2,(H,20,21). The first-order valence-corrected chi connectivity index (χ1v) is 7.26. The second-order valence-corrected chi connectivity index (χ2v) is 5.40. The van der Waals surface area contributed by atoms with E-state index in [1.807, 2.05) is 0 Å². The molecule has 0 unspecified atom stereocenters. The average Bonchev–Trinajstić information content (AvgIpc) is 2.51. The van der Waals surface area contributed by atoms with Gasteiger partial charge in [-0.1, -0.05) is 6.07 Å². The predicted octanol–water partition coefficient (Wildman–Crippen LogP) is 1.71. The van der Waals surface area contributed by atoms with Gasteiger partial charge in [0.15, 0.2) is 0 Å². The molecule has 1 saturated heterocycles. The number of alkyl halides is 3. The molecule has 0 aliphatic carbocycles. The monoisotopic (exact) mass is 332 g/mol. The summed E-state index contributed by atoms with van der Waals surface area (Å²) in [4.78, 5) is 12.0. The summed E-state index contributed by atoms with van der Waals surface area (Å²) < 4.78 is 48.1. The number of hydrogen-bond acceptors (Lipinski definition) is 4. The lowest BCUT2D eigenvalue weighted by Crippen LogP contribution is -2.57. The van der Waals surface area contributed by atoms with E-state index in [0.717, 1.165) is 12.1 Å². The Morgan fingerprint density at radius 1 is 1.35 bits per heavy atom. The van der Waals surface area contributed by atoms with Crippen molar-refractivity contribution < 1.29 is 27.4 Å². The molecule has 1 aliphatic rings. The van der Waals surface area contributed by atoms with Crippen molar-refractivity contribution in [2.75, 3.05) is 26.4 Å². The van der Waals surface area contributed by atoms with Gasteiger partial charge in [-0.2, -0.15) is 13.2 Å². The van der Waals surface area contributed by atoms with Crippen LogP contribution in [0.25, 0.3) is 0 Å². The number of nitrogens with two attached hydrogens (primary N) is 1. The van der Waals surface area contributed by atoms with Gasteiger partial charge in [-0.25, -0.2) is 0 Å². The molecule has 0 spiro atoms. The number of carbonyl (C=O) groups is 1. The molecule has 1 heterocycles. The number of carbonyl (C=O) groups excluding carboxylic acids is 1. The Bertz CT molecular complexity index is 543. The van der Waals surface area contributed by atoms with Crippen LogP contribution in [0.3, 0.4) is 0 Å². The minimum Gasteiger partial charge on any atom is -0.492 e. The molecule has 0 radical (unpaired) electrons. The zero-order chi connectivity index (χ0) is 16.9. The van der Waals surface area contributed by atoms with Crippen LogP contribution >= 0.6 is 0 Å². The van der Waals surface area contributed by atoms with Crippen LogP contribution in [0.15, 0.2) is 24.3 Å². The third-order valence-corrected chi connectivity index (χ3v) is 3.65. The summed E-state index contributed by atoms with van der Waals surface area (Å²) in [7, 11) is 0. The summed E-state index contributed by atoms with van der Waals surface area (Å²) >= 11 is 0. The fourth-order valence-electron chi connectivity index (χ4n) is 2.23. The van der Waals surface area contributed by atoms with Gasteiger partial charge in [-0.3, -0.25) is 4.79 Å². The molecule has 2 rings (SSSR count). The van der Waals surface area contributed by atoms with Gasteiger partial charge in [-0.05, 0) is 31.0 Å². The molecule has 3 N–H and O–H groups in total. The van der Waals surface area contributed by atoms with Crippen LogP contribution in [0.1, 0.15) is 18.4 Å². The smallest absolute Gasteiger partial charge is 0.416 e. The minimum absolute atomic E-state index is 0.0552. The molecule has 1 aromatic carbocycles. The molecule has 0 atom stereocenters. The maximum atomic E-state index is 12.6. The highest BCUT2D eigenvalue weighted by Gasteiger charge is 2.35. The molecule has 1 aromatic rings. The van der Waals surface area contributed by atoms with Gasteiger partial charge in [0.2, 0.25) is 5.91 Å². The third kappa shape index (κ3) is 4.84. The number of ether oxygens (including phenoxy) is 2. The zero-order valence-corrected chi connectivity index (χ0v) is 12.5. The quantitative estimate of drug-likeness (QED) is 0.805. The summed E-state index contributed by atoms with van der Waals surface area (Å²) in [5.74, 6) is -0.198.